The van der Waals surface area contributed by atoms with Gasteiger partial charge in [-0.3, -0.25) is 15.1 Å². The maximum atomic E-state index is 12.9. The lowest BCUT2D eigenvalue weighted by atomic mass is 10.1. The van der Waals surface area contributed by atoms with E-state index in [2.05, 4.69) is 32.4 Å². The molecule has 0 aliphatic rings. The minimum atomic E-state index is -4.57. The lowest BCUT2D eigenvalue weighted by molar-refractivity contribution is -0.137. The number of aryl methyl sites for hydroxylation is 1. The third-order valence-electron chi connectivity index (χ3n) is 4.68. The smallest absolute Gasteiger partial charge is 0.328 e. The highest BCUT2D eigenvalue weighted by molar-refractivity contribution is 7.16. The molecule has 0 unspecified atom stereocenters. The molecule has 2 N–H and O–H groups in total. The molecule has 176 valence electrons. The number of pyridine rings is 1. The molecule has 0 aliphatic carbocycles. The highest BCUT2D eigenvalue weighted by atomic mass is 32.1. The van der Waals surface area contributed by atoms with Crippen LogP contribution in [-0.4, -0.2) is 40.4 Å². The van der Waals surface area contributed by atoms with Crippen LogP contribution in [0, 0.1) is 18.8 Å². The maximum Gasteiger partial charge on any atom is 0.416 e. The van der Waals surface area contributed by atoms with Crippen LogP contribution in [0.1, 0.15) is 39.0 Å². The molecule has 3 rings (SSSR count). The average molecular weight is 488 g/mol. The largest absolute Gasteiger partial charge is 0.416 e. The lowest BCUT2D eigenvalue weighted by Gasteiger charge is -2.13. The Morgan fingerprint density at radius 3 is 2.59 bits per heavy atom. The molecule has 0 atom stereocenters. The number of hydrogen-bond donors (Lipinski definition) is 2. The number of alkyl halides is 3. The van der Waals surface area contributed by atoms with E-state index < -0.39 is 17.6 Å². The van der Waals surface area contributed by atoms with Gasteiger partial charge in [0.2, 0.25) is 0 Å². The molecule has 0 aliphatic heterocycles. The SMILES string of the molecule is CCN(C)C(=O)Nc1ncc(C#Cc2cc(NC(=O)c3cc(C(F)(F)F)ccn3)ccc2C)s1. The van der Waals surface area contributed by atoms with Crippen LogP contribution in [0.4, 0.5) is 28.8 Å². The number of nitrogens with one attached hydrogen (secondary N) is 2. The molecule has 0 bridgehead atoms. The second-order valence-corrected chi connectivity index (χ2v) is 8.17. The molecule has 3 amide bonds. The first kappa shape index (κ1) is 24.7. The van der Waals surface area contributed by atoms with Gasteiger partial charge < -0.3 is 10.2 Å². The topological polar surface area (TPSA) is 87.2 Å². The number of carbonyl (C=O) groups is 2. The molecule has 0 saturated heterocycles. The Balaban J connectivity index is 1.74. The third kappa shape index (κ3) is 6.32. The fraction of sp³-hybridized carbons (Fsp3) is 0.217. The molecule has 11 heteroatoms. The number of thiazole rings is 1. The molecule has 3 aromatic rings. The Kier molecular flexibility index (Phi) is 7.53. The van der Waals surface area contributed by atoms with Gasteiger partial charge in [-0.05, 0) is 49.6 Å². The Bertz CT molecular complexity index is 1280. The summed E-state index contributed by atoms with van der Waals surface area (Å²) in [4.78, 5) is 34.3. The monoisotopic (exact) mass is 487 g/mol. The molecule has 2 heterocycles. The number of carbonyl (C=O) groups excluding carboxylic acids is 2. The van der Waals surface area contributed by atoms with Crippen molar-refractivity contribution in [3.63, 3.8) is 0 Å². The van der Waals surface area contributed by atoms with E-state index in [1.165, 1.54) is 16.2 Å². The fourth-order valence-electron chi connectivity index (χ4n) is 2.61. The Morgan fingerprint density at radius 2 is 1.88 bits per heavy atom. The van der Waals surface area contributed by atoms with Gasteiger partial charge in [0, 0.05) is 31.0 Å². The number of hydrogen-bond acceptors (Lipinski definition) is 5. The normalized spacial score (nSPS) is 10.8. The zero-order valence-corrected chi connectivity index (χ0v) is 19.3. The van der Waals surface area contributed by atoms with Gasteiger partial charge in [0.1, 0.15) is 5.69 Å². The highest BCUT2D eigenvalue weighted by Crippen LogP contribution is 2.29. The highest BCUT2D eigenvalue weighted by Gasteiger charge is 2.31. The summed E-state index contributed by atoms with van der Waals surface area (Å²) in [6, 6.07) is 6.20. The average Bonchev–Trinajstić information content (AvgIpc) is 3.25. The number of rotatable bonds is 4. The Labute approximate surface area is 198 Å². The van der Waals surface area contributed by atoms with Gasteiger partial charge in [0.15, 0.2) is 5.13 Å². The number of nitrogens with zero attached hydrogens (tertiary/aromatic N) is 3. The van der Waals surface area contributed by atoms with Crippen LogP contribution in [0.15, 0.2) is 42.7 Å². The summed E-state index contributed by atoms with van der Waals surface area (Å²) in [6.07, 6.45) is -2.09. The van der Waals surface area contributed by atoms with E-state index in [1.807, 2.05) is 13.8 Å². The van der Waals surface area contributed by atoms with Crippen molar-refractivity contribution in [2.75, 3.05) is 24.2 Å². The quantitative estimate of drug-likeness (QED) is 0.507. The summed E-state index contributed by atoms with van der Waals surface area (Å²) in [5.41, 5.74) is 0.504. The molecule has 0 fully saturated rings. The third-order valence-corrected chi connectivity index (χ3v) is 5.50. The van der Waals surface area contributed by atoms with E-state index >= 15 is 0 Å². The van der Waals surface area contributed by atoms with E-state index in [9.17, 15) is 22.8 Å². The van der Waals surface area contributed by atoms with Gasteiger partial charge in [-0.1, -0.05) is 23.3 Å². The van der Waals surface area contributed by atoms with E-state index in [4.69, 9.17) is 0 Å². The number of anilines is 2. The molecule has 34 heavy (non-hydrogen) atoms. The second kappa shape index (κ2) is 10.4. The van der Waals surface area contributed by atoms with E-state index in [-0.39, 0.29) is 11.7 Å². The number of aromatic nitrogens is 2. The van der Waals surface area contributed by atoms with Crippen LogP contribution < -0.4 is 10.6 Å². The molecule has 0 radical (unpaired) electrons. The number of benzene rings is 1. The predicted octanol–water partition coefficient (Wildman–Crippen LogP) is 5.00. The Hall–Kier alpha value is -3.91. The molecule has 7 nitrogen and oxygen atoms in total. The van der Waals surface area contributed by atoms with Crippen LogP contribution in [0.5, 0.6) is 0 Å². The van der Waals surface area contributed by atoms with Gasteiger partial charge in [0.05, 0.1) is 16.6 Å². The van der Waals surface area contributed by atoms with Crippen LogP contribution in [0.2, 0.25) is 0 Å². The first-order chi connectivity index (χ1) is 16.1. The summed E-state index contributed by atoms with van der Waals surface area (Å²) in [6.45, 7) is 4.25. The van der Waals surface area contributed by atoms with Crippen molar-refractivity contribution in [1.82, 2.24) is 14.9 Å². The molecule has 1 aromatic carbocycles. The van der Waals surface area contributed by atoms with E-state index in [0.29, 0.717) is 33.9 Å². The summed E-state index contributed by atoms with van der Waals surface area (Å²) in [5, 5.41) is 5.65. The number of halogens is 3. The molecule has 0 spiro atoms. The van der Waals surface area contributed by atoms with Crippen molar-refractivity contribution < 1.29 is 22.8 Å². The lowest BCUT2D eigenvalue weighted by Crippen LogP contribution is -2.30. The molecule has 2 aromatic heterocycles. The van der Waals surface area contributed by atoms with Gasteiger partial charge in [0.25, 0.3) is 5.91 Å². The maximum absolute atomic E-state index is 12.9. The van der Waals surface area contributed by atoms with Gasteiger partial charge in [-0.25, -0.2) is 9.78 Å². The number of urea groups is 1. The zero-order chi connectivity index (χ0) is 24.9. The van der Waals surface area contributed by atoms with Gasteiger partial charge in [-0.2, -0.15) is 13.2 Å². The van der Waals surface area contributed by atoms with E-state index in [0.717, 1.165) is 17.8 Å². The first-order valence-corrected chi connectivity index (χ1v) is 10.8. The van der Waals surface area contributed by atoms with Crippen molar-refractivity contribution in [3.05, 3.63) is 70.0 Å². The van der Waals surface area contributed by atoms with Crippen molar-refractivity contribution in [1.29, 1.82) is 0 Å². The molecule has 0 saturated carbocycles. The van der Waals surface area contributed by atoms with Crippen LogP contribution in [-0.2, 0) is 6.18 Å². The van der Waals surface area contributed by atoms with Crippen molar-refractivity contribution in [2.24, 2.45) is 0 Å². The van der Waals surface area contributed by atoms with Crippen molar-refractivity contribution in [2.45, 2.75) is 20.0 Å². The fourth-order valence-corrected chi connectivity index (χ4v) is 3.27. The predicted molar refractivity (Wildman–Crippen MR) is 124 cm³/mol. The van der Waals surface area contributed by atoms with Crippen molar-refractivity contribution in [3.8, 4) is 11.8 Å². The Morgan fingerprint density at radius 1 is 1.12 bits per heavy atom. The van der Waals surface area contributed by atoms with Crippen LogP contribution >= 0.6 is 11.3 Å². The minimum absolute atomic E-state index is 0.272. The van der Waals surface area contributed by atoms with Crippen LogP contribution in [0.25, 0.3) is 0 Å². The summed E-state index contributed by atoms with van der Waals surface area (Å²) >= 11 is 1.22. The van der Waals surface area contributed by atoms with Crippen LogP contribution in [0.3, 0.4) is 0 Å². The van der Waals surface area contributed by atoms with Crippen molar-refractivity contribution >= 4 is 34.1 Å². The standard InChI is InChI=1S/C23H20F3N5O2S/c1-4-31(3)22(33)30-21-28-13-18(34-21)8-6-15-11-17(7-5-14(15)2)29-20(32)19-12-16(9-10-27-19)23(24,25)26/h5,7,9-13H,4H2,1-3H3,(H,29,32)(H,28,30,33). The van der Waals surface area contributed by atoms with Gasteiger partial charge >= 0.3 is 12.2 Å². The first-order valence-electron chi connectivity index (χ1n) is 10.0. The second-order valence-electron chi connectivity index (χ2n) is 7.14. The summed E-state index contributed by atoms with van der Waals surface area (Å²) < 4.78 is 38.7. The van der Waals surface area contributed by atoms with E-state index in [1.54, 1.807) is 31.4 Å². The summed E-state index contributed by atoms with van der Waals surface area (Å²) in [5.74, 6) is 5.19. The zero-order valence-electron chi connectivity index (χ0n) is 18.4. The van der Waals surface area contributed by atoms with Gasteiger partial charge in [-0.15, -0.1) is 0 Å². The minimum Gasteiger partial charge on any atom is -0.328 e. The molecular weight excluding hydrogens is 467 g/mol. The number of amides is 3. The molecular formula is C23H20F3N5O2S. The summed E-state index contributed by atoms with van der Waals surface area (Å²) in [7, 11) is 1.67.